The van der Waals surface area contributed by atoms with Gasteiger partial charge in [0.25, 0.3) is 5.78 Å². The second-order valence-electron chi connectivity index (χ2n) is 7.23. The van der Waals surface area contributed by atoms with Crippen LogP contribution in [0.2, 0.25) is 0 Å². The van der Waals surface area contributed by atoms with Gasteiger partial charge in [-0.25, -0.2) is 4.40 Å². The first-order valence-corrected chi connectivity index (χ1v) is 11.9. The average molecular weight is 450 g/mol. The highest BCUT2D eigenvalue weighted by molar-refractivity contribution is 7.99. The third kappa shape index (κ3) is 6.42. The molecule has 3 rings (SSSR count). The minimum absolute atomic E-state index is 0.113. The monoisotopic (exact) mass is 449 g/mol. The predicted octanol–water partition coefficient (Wildman–Crippen LogP) is 1.38. The molecule has 0 unspecified atom stereocenters. The summed E-state index contributed by atoms with van der Waals surface area (Å²) in [7, 11) is 0. The van der Waals surface area contributed by atoms with Crippen LogP contribution in [0.5, 0.6) is 0 Å². The molecular weight excluding hydrogens is 418 g/mol. The number of carbonyl (C=O) groups excluding carboxylic acids is 2. The molecule has 0 radical (unpaired) electrons. The Morgan fingerprint density at radius 3 is 2.45 bits per heavy atom. The van der Waals surface area contributed by atoms with Gasteiger partial charge in [-0.2, -0.15) is 9.97 Å². The predicted molar refractivity (Wildman–Crippen MR) is 120 cm³/mol. The summed E-state index contributed by atoms with van der Waals surface area (Å²) in [6.07, 6.45) is 4.83. The third-order valence-electron chi connectivity index (χ3n) is 4.87. The first-order chi connectivity index (χ1) is 15.1. The van der Waals surface area contributed by atoms with E-state index in [-0.39, 0.29) is 17.6 Å². The quantitative estimate of drug-likeness (QED) is 0.461. The average Bonchev–Trinajstić information content (AvgIpc) is 2.96. The number of aromatic nitrogens is 5. The number of nitrogens with one attached hydrogen (secondary N) is 3. The number of amides is 2. The number of thioether (sulfide) groups is 1. The van der Waals surface area contributed by atoms with Gasteiger partial charge in [0.05, 0.1) is 5.75 Å². The molecule has 1 fully saturated rings. The Labute approximate surface area is 186 Å². The van der Waals surface area contributed by atoms with E-state index in [0.717, 1.165) is 25.9 Å². The molecule has 1 aliphatic rings. The third-order valence-corrected chi connectivity index (χ3v) is 5.80. The van der Waals surface area contributed by atoms with Crippen LogP contribution in [0.3, 0.4) is 0 Å². The summed E-state index contributed by atoms with van der Waals surface area (Å²) in [6, 6.07) is 0. The lowest BCUT2D eigenvalue weighted by atomic mass is 10.2. The molecule has 0 atom stereocenters. The molecule has 0 aliphatic carbocycles. The zero-order valence-electron chi connectivity index (χ0n) is 18.2. The van der Waals surface area contributed by atoms with E-state index in [1.165, 1.54) is 24.6 Å². The maximum absolute atomic E-state index is 12.3. The maximum Gasteiger partial charge on any atom is 0.261 e. The molecule has 170 valence electrons. The van der Waals surface area contributed by atoms with E-state index in [1.807, 2.05) is 18.7 Å². The highest BCUT2D eigenvalue weighted by Gasteiger charge is 2.17. The van der Waals surface area contributed by atoms with Gasteiger partial charge in [0.15, 0.2) is 5.16 Å². The van der Waals surface area contributed by atoms with Gasteiger partial charge in [-0.3, -0.25) is 9.59 Å². The summed E-state index contributed by atoms with van der Waals surface area (Å²) in [6.45, 7) is 7.29. The summed E-state index contributed by atoms with van der Waals surface area (Å²) >= 11 is 1.26. The molecule has 3 heterocycles. The van der Waals surface area contributed by atoms with Crippen LogP contribution in [0, 0.1) is 0 Å². The van der Waals surface area contributed by atoms with Crippen LogP contribution in [0.4, 0.5) is 11.9 Å². The molecule has 11 nitrogen and oxygen atoms in total. The van der Waals surface area contributed by atoms with Crippen LogP contribution < -0.4 is 16.0 Å². The first-order valence-electron chi connectivity index (χ1n) is 10.9. The summed E-state index contributed by atoms with van der Waals surface area (Å²) in [5, 5.41) is 17.9. The number of carbonyl (C=O) groups is 2. The first kappa shape index (κ1) is 23.0. The van der Waals surface area contributed by atoms with E-state index in [1.54, 1.807) is 4.40 Å². The van der Waals surface area contributed by atoms with Gasteiger partial charge in [0.1, 0.15) is 0 Å². The standard InChI is InChI=1S/C19H31N9O2S/c1-3-20-16-23-17(21-4-2)28-18(24-16)25-26-19(28)31-13-14(29)22-10-9-15(30)27-11-7-5-6-8-12-27/h3-13H2,1-2H3,(H,22,29)(H2,20,21,23,24,25). The maximum atomic E-state index is 12.3. The van der Waals surface area contributed by atoms with E-state index in [9.17, 15) is 9.59 Å². The van der Waals surface area contributed by atoms with Crippen molar-refractivity contribution in [3.8, 4) is 0 Å². The van der Waals surface area contributed by atoms with E-state index in [2.05, 4.69) is 36.1 Å². The Morgan fingerprint density at radius 1 is 1.00 bits per heavy atom. The Bertz CT molecular complexity index is 881. The fourth-order valence-electron chi connectivity index (χ4n) is 3.37. The molecular formula is C19H31N9O2S. The van der Waals surface area contributed by atoms with Crippen LogP contribution in [-0.2, 0) is 9.59 Å². The Kier molecular flexibility index (Phi) is 8.68. The van der Waals surface area contributed by atoms with Crippen molar-refractivity contribution in [3.63, 3.8) is 0 Å². The van der Waals surface area contributed by atoms with Crippen molar-refractivity contribution in [1.29, 1.82) is 0 Å². The minimum atomic E-state index is -0.152. The SMILES string of the molecule is CCNc1nc(NCC)n2c(SCC(=O)NCCC(=O)N3CCCCCC3)nnc2n1. The summed E-state index contributed by atoms with van der Waals surface area (Å²) < 4.78 is 1.70. The zero-order chi connectivity index (χ0) is 22.1. The topological polar surface area (TPSA) is 129 Å². The largest absolute Gasteiger partial charge is 0.355 e. The van der Waals surface area contributed by atoms with Gasteiger partial charge in [-0.1, -0.05) is 24.6 Å². The van der Waals surface area contributed by atoms with Crippen molar-refractivity contribution in [2.45, 2.75) is 51.1 Å². The zero-order valence-corrected chi connectivity index (χ0v) is 19.0. The molecule has 1 aliphatic heterocycles. The van der Waals surface area contributed by atoms with Crippen LogP contribution in [0.25, 0.3) is 5.78 Å². The number of fused-ring (bicyclic) bond motifs is 1. The van der Waals surface area contributed by atoms with Gasteiger partial charge in [-0.05, 0) is 26.7 Å². The lowest BCUT2D eigenvalue weighted by molar-refractivity contribution is -0.131. The van der Waals surface area contributed by atoms with Crippen molar-refractivity contribution >= 4 is 41.3 Å². The van der Waals surface area contributed by atoms with Crippen molar-refractivity contribution in [3.05, 3.63) is 0 Å². The van der Waals surface area contributed by atoms with Crippen molar-refractivity contribution < 1.29 is 9.59 Å². The molecule has 3 N–H and O–H groups in total. The van der Waals surface area contributed by atoms with Gasteiger partial charge < -0.3 is 20.9 Å². The molecule has 31 heavy (non-hydrogen) atoms. The lowest BCUT2D eigenvalue weighted by Gasteiger charge is -2.20. The molecule has 0 bridgehead atoms. The van der Waals surface area contributed by atoms with E-state index in [4.69, 9.17) is 0 Å². The number of anilines is 2. The highest BCUT2D eigenvalue weighted by atomic mass is 32.2. The van der Waals surface area contributed by atoms with Gasteiger partial charge in [-0.15, -0.1) is 10.2 Å². The van der Waals surface area contributed by atoms with Crippen molar-refractivity contribution in [1.82, 2.24) is 34.8 Å². The summed E-state index contributed by atoms with van der Waals surface area (Å²) in [5.74, 6) is 1.58. The molecule has 0 aromatic carbocycles. The number of hydrogen-bond acceptors (Lipinski definition) is 9. The second-order valence-corrected chi connectivity index (χ2v) is 8.18. The van der Waals surface area contributed by atoms with Gasteiger partial charge >= 0.3 is 0 Å². The molecule has 1 saturated heterocycles. The van der Waals surface area contributed by atoms with Crippen molar-refractivity contribution in [2.24, 2.45) is 0 Å². The molecule has 2 aromatic heterocycles. The number of likely N-dealkylation sites (tertiary alicyclic amines) is 1. The van der Waals surface area contributed by atoms with Crippen LogP contribution >= 0.6 is 11.8 Å². The van der Waals surface area contributed by atoms with Gasteiger partial charge in [0, 0.05) is 39.1 Å². The van der Waals surface area contributed by atoms with Crippen LogP contribution in [0.1, 0.15) is 46.0 Å². The van der Waals surface area contributed by atoms with E-state index in [0.29, 0.717) is 48.9 Å². The van der Waals surface area contributed by atoms with Gasteiger partial charge in [0.2, 0.25) is 23.7 Å². The van der Waals surface area contributed by atoms with E-state index < -0.39 is 0 Å². The minimum Gasteiger partial charge on any atom is -0.355 e. The molecule has 2 aromatic rings. The molecule has 0 spiro atoms. The number of rotatable bonds is 10. The van der Waals surface area contributed by atoms with E-state index >= 15 is 0 Å². The van der Waals surface area contributed by atoms with Crippen LogP contribution in [0.15, 0.2) is 5.16 Å². The molecule has 0 saturated carbocycles. The second kappa shape index (κ2) is 11.7. The summed E-state index contributed by atoms with van der Waals surface area (Å²) in [5.41, 5.74) is 0. The number of nitrogens with zero attached hydrogens (tertiary/aromatic N) is 6. The highest BCUT2D eigenvalue weighted by Crippen LogP contribution is 2.20. The Hall–Kier alpha value is -2.63. The molecule has 2 amide bonds. The smallest absolute Gasteiger partial charge is 0.261 e. The fraction of sp³-hybridized carbons (Fsp3) is 0.684. The lowest BCUT2D eigenvalue weighted by Crippen LogP contribution is -2.35. The summed E-state index contributed by atoms with van der Waals surface area (Å²) in [4.78, 5) is 35.3. The van der Waals surface area contributed by atoms with Crippen LogP contribution in [-0.4, -0.2) is 79.8 Å². The Morgan fingerprint density at radius 2 is 1.74 bits per heavy atom. The van der Waals surface area contributed by atoms with Crippen molar-refractivity contribution in [2.75, 3.05) is 49.1 Å². The molecule has 12 heteroatoms. The fourth-order valence-corrected chi connectivity index (χ4v) is 4.12. The number of hydrogen-bond donors (Lipinski definition) is 3. The normalized spacial score (nSPS) is 14.3. The Balaban J connectivity index is 1.52.